The Kier molecular flexibility index (Phi) is 2.77. The molecule has 1 unspecified atom stereocenters. The molecule has 1 aromatic heterocycles. The van der Waals surface area contributed by atoms with E-state index in [-0.39, 0.29) is 11.4 Å². The molecule has 0 aliphatic carbocycles. The van der Waals surface area contributed by atoms with Crippen molar-refractivity contribution in [3.8, 4) is 0 Å². The first-order chi connectivity index (χ1) is 9.04. The number of hydrogen-bond acceptors (Lipinski definition) is 2. The zero-order valence-electron chi connectivity index (χ0n) is 11.4. The van der Waals surface area contributed by atoms with Gasteiger partial charge in [0, 0.05) is 23.0 Å². The average Bonchev–Trinajstić information content (AvgIpc) is 2.69. The normalized spacial score (nSPS) is 22.7. The van der Waals surface area contributed by atoms with Crippen molar-refractivity contribution >= 4 is 16.8 Å². The third-order valence-corrected chi connectivity index (χ3v) is 3.83. The predicted molar refractivity (Wildman–Crippen MR) is 76.0 cm³/mol. The van der Waals surface area contributed by atoms with Gasteiger partial charge in [-0.05, 0) is 50.5 Å². The first kappa shape index (κ1) is 12.2. The largest absolute Gasteiger partial charge is 0.351 e. The van der Waals surface area contributed by atoms with E-state index in [1.807, 2.05) is 13.0 Å². The summed E-state index contributed by atoms with van der Waals surface area (Å²) in [7, 11) is 0. The van der Waals surface area contributed by atoms with Crippen LogP contribution in [0.5, 0.6) is 0 Å². The van der Waals surface area contributed by atoms with Crippen LogP contribution in [0.4, 0.5) is 0 Å². The highest BCUT2D eigenvalue weighted by Crippen LogP contribution is 2.25. The van der Waals surface area contributed by atoms with E-state index >= 15 is 0 Å². The van der Waals surface area contributed by atoms with Gasteiger partial charge in [-0.1, -0.05) is 12.1 Å². The van der Waals surface area contributed by atoms with Crippen LogP contribution < -0.4 is 5.32 Å². The summed E-state index contributed by atoms with van der Waals surface area (Å²) in [5.74, 6) is 0.167. The van der Waals surface area contributed by atoms with Crippen LogP contribution in [0.3, 0.4) is 0 Å². The van der Waals surface area contributed by atoms with Crippen molar-refractivity contribution in [3.05, 3.63) is 41.6 Å². The lowest BCUT2D eigenvalue weighted by Gasteiger charge is -2.24. The molecule has 1 fully saturated rings. The van der Waals surface area contributed by atoms with Gasteiger partial charge in [-0.25, -0.2) is 0 Å². The maximum atomic E-state index is 11.4. The number of benzene rings is 1. The van der Waals surface area contributed by atoms with Gasteiger partial charge in [-0.3, -0.25) is 9.78 Å². The monoisotopic (exact) mass is 254 g/mol. The molecule has 98 valence electrons. The third-order valence-electron chi connectivity index (χ3n) is 3.83. The van der Waals surface area contributed by atoms with Gasteiger partial charge in [-0.2, -0.15) is 0 Å². The van der Waals surface area contributed by atoms with Crippen LogP contribution in [-0.2, 0) is 11.2 Å². The summed E-state index contributed by atoms with van der Waals surface area (Å²) in [6.07, 6.45) is 2.43. The number of pyridine rings is 1. The first-order valence-electron chi connectivity index (χ1n) is 6.71. The second-order valence-corrected chi connectivity index (χ2v) is 5.77. The topological polar surface area (TPSA) is 42.0 Å². The quantitative estimate of drug-likeness (QED) is 0.895. The molecule has 3 heteroatoms. The van der Waals surface area contributed by atoms with Gasteiger partial charge in [0.1, 0.15) is 0 Å². The highest BCUT2D eigenvalue weighted by atomic mass is 16.2. The fourth-order valence-corrected chi connectivity index (χ4v) is 2.82. The zero-order valence-corrected chi connectivity index (χ0v) is 11.4. The number of aryl methyl sites for hydroxylation is 1. The van der Waals surface area contributed by atoms with Gasteiger partial charge in [0.05, 0.1) is 5.52 Å². The van der Waals surface area contributed by atoms with Gasteiger partial charge in [0.15, 0.2) is 0 Å². The highest BCUT2D eigenvalue weighted by Gasteiger charge is 2.32. The third kappa shape index (κ3) is 2.46. The number of aromatic nitrogens is 1. The summed E-state index contributed by atoms with van der Waals surface area (Å²) < 4.78 is 0. The molecule has 1 saturated heterocycles. The molecule has 3 nitrogen and oxygen atoms in total. The number of rotatable bonds is 2. The van der Waals surface area contributed by atoms with Gasteiger partial charge in [-0.15, -0.1) is 0 Å². The first-order valence-corrected chi connectivity index (χ1v) is 6.71. The highest BCUT2D eigenvalue weighted by molar-refractivity contribution is 5.80. The van der Waals surface area contributed by atoms with E-state index < -0.39 is 0 Å². The zero-order chi connectivity index (χ0) is 13.5. The molecular weight excluding hydrogens is 236 g/mol. The van der Waals surface area contributed by atoms with Gasteiger partial charge in [0.2, 0.25) is 5.91 Å². The van der Waals surface area contributed by atoms with Crippen LogP contribution in [0, 0.1) is 6.92 Å². The second kappa shape index (κ2) is 4.34. The van der Waals surface area contributed by atoms with Crippen LogP contribution in [-0.4, -0.2) is 16.4 Å². The Hall–Kier alpha value is -1.90. The molecule has 1 N–H and O–H groups in total. The number of nitrogens with one attached hydrogen (secondary N) is 1. The molecule has 0 radical (unpaired) electrons. The smallest absolute Gasteiger partial charge is 0.220 e. The van der Waals surface area contributed by atoms with Crippen molar-refractivity contribution < 1.29 is 4.79 Å². The van der Waals surface area contributed by atoms with E-state index in [2.05, 4.69) is 41.5 Å². The Bertz CT molecular complexity index is 650. The summed E-state index contributed by atoms with van der Waals surface area (Å²) in [5.41, 5.74) is 3.23. The Morgan fingerprint density at radius 2 is 2.16 bits per heavy atom. The molecule has 0 bridgehead atoms. The molecule has 2 aromatic rings. The molecule has 1 aromatic carbocycles. The molecule has 19 heavy (non-hydrogen) atoms. The van der Waals surface area contributed by atoms with E-state index in [0.717, 1.165) is 29.4 Å². The second-order valence-electron chi connectivity index (χ2n) is 5.77. The number of nitrogens with zero attached hydrogens (tertiary/aromatic N) is 1. The van der Waals surface area contributed by atoms with Crippen LogP contribution in [0.2, 0.25) is 0 Å². The molecular formula is C16H18N2O. The summed E-state index contributed by atoms with van der Waals surface area (Å²) >= 11 is 0. The van der Waals surface area contributed by atoms with E-state index in [0.29, 0.717) is 6.42 Å². The minimum absolute atomic E-state index is 0.0944. The lowest BCUT2D eigenvalue weighted by atomic mass is 9.91. The van der Waals surface area contributed by atoms with E-state index in [1.54, 1.807) is 0 Å². The molecule has 2 heterocycles. The maximum absolute atomic E-state index is 11.4. The summed E-state index contributed by atoms with van der Waals surface area (Å²) in [6.45, 7) is 4.12. The number of carbonyl (C=O) groups is 1. The van der Waals surface area contributed by atoms with Crippen molar-refractivity contribution in [2.24, 2.45) is 0 Å². The molecule has 1 aliphatic rings. The summed E-state index contributed by atoms with van der Waals surface area (Å²) in [5, 5.41) is 4.24. The fourth-order valence-electron chi connectivity index (χ4n) is 2.82. The fraction of sp³-hybridized carbons (Fsp3) is 0.375. The lowest BCUT2D eigenvalue weighted by molar-refractivity contribution is -0.119. The minimum atomic E-state index is -0.0944. The maximum Gasteiger partial charge on any atom is 0.220 e. The van der Waals surface area contributed by atoms with Gasteiger partial charge in [0.25, 0.3) is 0 Å². The number of carbonyl (C=O) groups excluding carboxylic acids is 1. The molecule has 1 atom stereocenters. The van der Waals surface area contributed by atoms with Crippen LogP contribution in [0.25, 0.3) is 10.9 Å². The summed E-state index contributed by atoms with van der Waals surface area (Å²) in [4.78, 5) is 15.9. The number of hydrogen-bond donors (Lipinski definition) is 1. The summed E-state index contributed by atoms with van der Waals surface area (Å²) in [6, 6.07) is 10.5. The van der Waals surface area contributed by atoms with Crippen LogP contribution in [0.1, 0.15) is 31.0 Å². The van der Waals surface area contributed by atoms with E-state index in [9.17, 15) is 4.79 Å². The van der Waals surface area contributed by atoms with Crippen molar-refractivity contribution in [1.29, 1.82) is 0 Å². The lowest BCUT2D eigenvalue weighted by Crippen LogP contribution is -2.40. The Morgan fingerprint density at radius 1 is 1.32 bits per heavy atom. The molecule has 1 aliphatic heterocycles. The standard InChI is InChI=1S/C16H18N2O/c1-11-3-5-13-9-12(4-6-14(13)17-11)10-16(2)8-7-15(19)18-16/h3-6,9H,7-8,10H2,1-2H3,(H,18,19). The predicted octanol–water partition coefficient (Wildman–Crippen LogP) is 2.75. The Balaban J connectivity index is 1.89. The van der Waals surface area contributed by atoms with Crippen LogP contribution >= 0.6 is 0 Å². The van der Waals surface area contributed by atoms with Crippen molar-refractivity contribution in [3.63, 3.8) is 0 Å². The SMILES string of the molecule is Cc1ccc2cc(CC3(C)CCC(=O)N3)ccc2n1. The van der Waals surface area contributed by atoms with Crippen molar-refractivity contribution in [2.75, 3.05) is 0 Å². The molecule has 3 rings (SSSR count). The van der Waals surface area contributed by atoms with Crippen molar-refractivity contribution in [2.45, 2.75) is 38.6 Å². The van der Waals surface area contributed by atoms with Gasteiger partial charge < -0.3 is 5.32 Å². The minimum Gasteiger partial charge on any atom is -0.351 e. The van der Waals surface area contributed by atoms with E-state index in [1.165, 1.54) is 5.56 Å². The molecule has 1 amide bonds. The average molecular weight is 254 g/mol. The molecule has 0 saturated carbocycles. The number of amides is 1. The van der Waals surface area contributed by atoms with Crippen LogP contribution in [0.15, 0.2) is 30.3 Å². The van der Waals surface area contributed by atoms with Gasteiger partial charge >= 0.3 is 0 Å². The number of fused-ring (bicyclic) bond motifs is 1. The van der Waals surface area contributed by atoms with Crippen molar-refractivity contribution in [1.82, 2.24) is 10.3 Å². The van der Waals surface area contributed by atoms with E-state index in [4.69, 9.17) is 0 Å². The Labute approximate surface area is 113 Å². The Morgan fingerprint density at radius 3 is 2.89 bits per heavy atom. The molecule has 0 spiro atoms.